The number of hydrogen-bond donors (Lipinski definition) is 2. The van der Waals surface area contributed by atoms with Crippen LogP contribution in [0.4, 0.5) is 0 Å². The number of hydrogen-bond acceptors (Lipinski definition) is 3. The average molecular weight is 263 g/mol. The first kappa shape index (κ1) is 14.4. The highest BCUT2D eigenvalue weighted by Crippen LogP contribution is 2.22. The number of nitrogens with one attached hydrogen (secondary N) is 1. The lowest BCUT2D eigenvalue weighted by Gasteiger charge is -2.26. The summed E-state index contributed by atoms with van der Waals surface area (Å²) in [6.07, 6.45) is 5.39. The Labute approximate surface area is 116 Å². The fourth-order valence-electron chi connectivity index (χ4n) is 2.79. The first-order valence-corrected chi connectivity index (χ1v) is 7.29. The molecule has 1 fully saturated rings. The molecule has 1 aromatic rings. The largest absolute Gasteiger partial charge is 0.497 e. The molecule has 1 aromatic carbocycles. The maximum Gasteiger partial charge on any atom is 0.118 e. The van der Waals surface area contributed by atoms with Crippen molar-refractivity contribution in [3.8, 4) is 5.75 Å². The third-order valence-corrected chi connectivity index (χ3v) is 4.06. The Hall–Kier alpha value is -1.06. The van der Waals surface area contributed by atoms with Crippen molar-refractivity contribution >= 4 is 0 Å². The molecular weight excluding hydrogens is 238 g/mol. The van der Waals surface area contributed by atoms with Crippen molar-refractivity contribution in [2.24, 2.45) is 0 Å². The van der Waals surface area contributed by atoms with Crippen LogP contribution in [0.15, 0.2) is 24.3 Å². The number of methoxy groups -OCH3 is 1. The normalized spacial score (nSPS) is 25.6. The molecule has 0 aliphatic heterocycles. The lowest BCUT2D eigenvalue weighted by Crippen LogP contribution is -2.40. The first-order valence-electron chi connectivity index (χ1n) is 7.29. The number of aliphatic hydroxyl groups is 1. The molecule has 1 saturated carbocycles. The fraction of sp³-hybridized carbons (Fsp3) is 0.625. The predicted octanol–water partition coefficient (Wildman–Crippen LogP) is 3.04. The van der Waals surface area contributed by atoms with Gasteiger partial charge in [0.1, 0.15) is 5.75 Å². The molecular formula is C16H25NO2. The minimum absolute atomic E-state index is 0.205. The molecule has 2 rings (SSSR count). The third kappa shape index (κ3) is 3.95. The van der Waals surface area contributed by atoms with Gasteiger partial charge in [0, 0.05) is 12.1 Å². The SMILES string of the molecule is COc1ccc([C@H](C)NC2CCCCCC2O)cc1. The van der Waals surface area contributed by atoms with Crippen LogP contribution >= 0.6 is 0 Å². The van der Waals surface area contributed by atoms with Gasteiger partial charge in [0.05, 0.1) is 13.2 Å². The van der Waals surface area contributed by atoms with Gasteiger partial charge >= 0.3 is 0 Å². The minimum Gasteiger partial charge on any atom is -0.497 e. The molecule has 3 atom stereocenters. The van der Waals surface area contributed by atoms with Gasteiger partial charge in [-0.25, -0.2) is 0 Å². The van der Waals surface area contributed by atoms with Crippen molar-refractivity contribution in [3.63, 3.8) is 0 Å². The van der Waals surface area contributed by atoms with Gasteiger partial charge < -0.3 is 15.2 Å². The van der Waals surface area contributed by atoms with Gasteiger partial charge in [-0.15, -0.1) is 0 Å². The molecule has 2 unspecified atom stereocenters. The second-order valence-corrected chi connectivity index (χ2v) is 5.47. The third-order valence-electron chi connectivity index (χ3n) is 4.06. The molecule has 3 heteroatoms. The molecule has 0 radical (unpaired) electrons. The summed E-state index contributed by atoms with van der Waals surface area (Å²) < 4.78 is 5.17. The predicted molar refractivity (Wildman–Crippen MR) is 77.4 cm³/mol. The Balaban J connectivity index is 1.96. The average Bonchev–Trinajstić information content (AvgIpc) is 2.64. The summed E-state index contributed by atoms with van der Waals surface area (Å²) in [6.45, 7) is 2.15. The van der Waals surface area contributed by atoms with E-state index in [1.165, 1.54) is 18.4 Å². The van der Waals surface area contributed by atoms with Crippen LogP contribution in [0.1, 0.15) is 50.6 Å². The van der Waals surface area contributed by atoms with Gasteiger partial charge in [0.2, 0.25) is 0 Å². The van der Waals surface area contributed by atoms with E-state index in [0.29, 0.717) is 0 Å². The van der Waals surface area contributed by atoms with E-state index >= 15 is 0 Å². The molecule has 1 aliphatic carbocycles. The summed E-state index contributed by atoms with van der Waals surface area (Å²) in [5.41, 5.74) is 1.23. The molecule has 0 amide bonds. The van der Waals surface area contributed by atoms with Crippen LogP contribution in [0.5, 0.6) is 5.75 Å². The highest BCUT2D eigenvalue weighted by molar-refractivity contribution is 5.28. The minimum atomic E-state index is -0.205. The Kier molecular flexibility index (Phi) is 5.23. The topological polar surface area (TPSA) is 41.5 Å². The van der Waals surface area contributed by atoms with Crippen LogP contribution < -0.4 is 10.1 Å². The summed E-state index contributed by atoms with van der Waals surface area (Å²) in [5, 5.41) is 13.7. The Morgan fingerprint density at radius 3 is 2.53 bits per heavy atom. The van der Waals surface area contributed by atoms with E-state index in [2.05, 4.69) is 24.4 Å². The molecule has 3 nitrogen and oxygen atoms in total. The number of ether oxygens (including phenoxy) is 1. The van der Waals surface area contributed by atoms with E-state index in [1.807, 2.05) is 12.1 Å². The summed E-state index contributed by atoms with van der Waals surface area (Å²) >= 11 is 0. The molecule has 0 heterocycles. The maximum absolute atomic E-state index is 10.1. The quantitative estimate of drug-likeness (QED) is 0.820. The van der Waals surface area contributed by atoms with Gasteiger partial charge in [0.25, 0.3) is 0 Å². The molecule has 1 aliphatic rings. The van der Waals surface area contributed by atoms with Crippen LogP contribution in [0.2, 0.25) is 0 Å². The van der Waals surface area contributed by atoms with Crippen LogP contribution in [-0.2, 0) is 0 Å². The van der Waals surface area contributed by atoms with Crippen molar-refractivity contribution in [3.05, 3.63) is 29.8 Å². The van der Waals surface area contributed by atoms with Gasteiger partial charge in [-0.2, -0.15) is 0 Å². The Morgan fingerprint density at radius 1 is 1.16 bits per heavy atom. The zero-order chi connectivity index (χ0) is 13.7. The van der Waals surface area contributed by atoms with Crippen molar-refractivity contribution < 1.29 is 9.84 Å². The van der Waals surface area contributed by atoms with Crippen molar-refractivity contribution in [1.29, 1.82) is 0 Å². The molecule has 19 heavy (non-hydrogen) atoms. The van der Waals surface area contributed by atoms with E-state index < -0.39 is 0 Å². The number of benzene rings is 1. The summed E-state index contributed by atoms with van der Waals surface area (Å²) in [7, 11) is 1.68. The van der Waals surface area contributed by atoms with Crippen molar-refractivity contribution in [2.75, 3.05) is 7.11 Å². The van der Waals surface area contributed by atoms with E-state index in [4.69, 9.17) is 4.74 Å². The second kappa shape index (κ2) is 6.92. The lowest BCUT2D eigenvalue weighted by atomic mass is 10.0. The Bertz CT molecular complexity index is 377. The van der Waals surface area contributed by atoms with Crippen molar-refractivity contribution in [1.82, 2.24) is 5.32 Å². The Morgan fingerprint density at radius 2 is 1.84 bits per heavy atom. The number of aliphatic hydroxyl groups excluding tert-OH is 1. The number of rotatable bonds is 4. The standard InChI is InChI=1S/C16H25NO2/c1-12(13-8-10-14(19-2)11-9-13)17-15-6-4-3-5-7-16(15)18/h8-12,15-18H,3-7H2,1-2H3/t12-,15?,16?/m0/s1. The molecule has 0 aromatic heterocycles. The molecule has 2 N–H and O–H groups in total. The van der Waals surface area contributed by atoms with Crippen LogP contribution in [0.3, 0.4) is 0 Å². The van der Waals surface area contributed by atoms with E-state index in [1.54, 1.807) is 7.11 Å². The molecule has 0 saturated heterocycles. The van der Waals surface area contributed by atoms with E-state index in [0.717, 1.165) is 25.0 Å². The summed E-state index contributed by atoms with van der Waals surface area (Å²) in [4.78, 5) is 0. The zero-order valence-corrected chi connectivity index (χ0v) is 11.9. The van der Waals surface area contributed by atoms with Crippen LogP contribution in [0.25, 0.3) is 0 Å². The maximum atomic E-state index is 10.1. The highest BCUT2D eigenvalue weighted by Gasteiger charge is 2.23. The first-order chi connectivity index (χ1) is 9.20. The monoisotopic (exact) mass is 263 g/mol. The second-order valence-electron chi connectivity index (χ2n) is 5.47. The van der Waals surface area contributed by atoms with E-state index in [9.17, 15) is 5.11 Å². The molecule has 0 spiro atoms. The van der Waals surface area contributed by atoms with Gasteiger partial charge in [-0.1, -0.05) is 31.4 Å². The van der Waals surface area contributed by atoms with Gasteiger partial charge in [-0.3, -0.25) is 0 Å². The van der Waals surface area contributed by atoms with E-state index in [-0.39, 0.29) is 18.2 Å². The fourth-order valence-corrected chi connectivity index (χ4v) is 2.79. The summed E-state index contributed by atoms with van der Waals surface area (Å²) in [5.74, 6) is 0.880. The smallest absolute Gasteiger partial charge is 0.118 e. The zero-order valence-electron chi connectivity index (χ0n) is 11.9. The summed E-state index contributed by atoms with van der Waals surface area (Å²) in [6, 6.07) is 8.61. The van der Waals surface area contributed by atoms with Gasteiger partial charge in [0.15, 0.2) is 0 Å². The molecule has 106 valence electrons. The van der Waals surface area contributed by atoms with Gasteiger partial charge in [-0.05, 0) is 37.5 Å². The van der Waals surface area contributed by atoms with Crippen LogP contribution in [-0.4, -0.2) is 24.4 Å². The van der Waals surface area contributed by atoms with Crippen molar-refractivity contribution in [2.45, 2.75) is 57.2 Å². The molecule has 0 bridgehead atoms. The van der Waals surface area contributed by atoms with Crippen LogP contribution in [0, 0.1) is 0 Å². The lowest BCUT2D eigenvalue weighted by molar-refractivity contribution is 0.115. The highest BCUT2D eigenvalue weighted by atomic mass is 16.5.